The minimum absolute atomic E-state index is 0.0368. The highest BCUT2D eigenvalue weighted by Crippen LogP contribution is 2.29. The van der Waals surface area contributed by atoms with E-state index in [1.807, 2.05) is 37.3 Å². The maximum atomic E-state index is 12.5. The third kappa shape index (κ3) is 4.28. The maximum Gasteiger partial charge on any atom is 0.316 e. The van der Waals surface area contributed by atoms with Crippen LogP contribution in [0, 0.1) is 6.92 Å². The minimum atomic E-state index is -0.518. The van der Waals surface area contributed by atoms with E-state index in [1.165, 1.54) is 16.7 Å². The molecule has 1 N–H and O–H groups in total. The third-order valence-corrected chi connectivity index (χ3v) is 5.55. The molecule has 0 bridgehead atoms. The third-order valence-electron chi connectivity index (χ3n) is 4.67. The van der Waals surface area contributed by atoms with E-state index in [2.05, 4.69) is 10.3 Å². The van der Waals surface area contributed by atoms with Gasteiger partial charge in [-0.2, -0.15) is 0 Å². The number of aryl methyl sites for hydroxylation is 1. The van der Waals surface area contributed by atoms with E-state index in [0.29, 0.717) is 11.4 Å². The van der Waals surface area contributed by atoms with Gasteiger partial charge in [-0.05, 0) is 36.8 Å². The van der Waals surface area contributed by atoms with Gasteiger partial charge >= 0.3 is 5.97 Å². The topological polar surface area (TPSA) is 88.6 Å². The van der Waals surface area contributed by atoms with Crippen LogP contribution in [0.4, 0.5) is 11.4 Å². The molecule has 0 aliphatic carbocycles. The average molecular weight is 421 g/mol. The Morgan fingerprint density at radius 1 is 1.17 bits per heavy atom. The first kappa shape index (κ1) is 19.9. The normalized spacial score (nSPS) is 13.0. The van der Waals surface area contributed by atoms with Crippen molar-refractivity contribution in [3.8, 4) is 0 Å². The molecule has 0 saturated heterocycles. The summed E-state index contributed by atoms with van der Waals surface area (Å²) in [5, 5.41) is 4.50. The van der Waals surface area contributed by atoms with E-state index >= 15 is 0 Å². The predicted molar refractivity (Wildman–Crippen MR) is 116 cm³/mol. The van der Waals surface area contributed by atoms with Gasteiger partial charge in [0.25, 0.3) is 5.91 Å². The summed E-state index contributed by atoms with van der Waals surface area (Å²) >= 11 is 1.26. The van der Waals surface area contributed by atoms with Crippen molar-refractivity contribution in [2.75, 3.05) is 29.1 Å². The second kappa shape index (κ2) is 8.54. The molecule has 0 unspecified atom stereocenters. The molecule has 0 fully saturated rings. The van der Waals surface area contributed by atoms with Crippen LogP contribution in [0.1, 0.15) is 5.56 Å². The zero-order chi connectivity index (χ0) is 21.1. The average Bonchev–Trinajstić information content (AvgIpc) is 2.75. The molecule has 7 nitrogen and oxygen atoms in total. The molecule has 0 saturated carbocycles. The molecule has 0 spiro atoms. The monoisotopic (exact) mass is 421 g/mol. The van der Waals surface area contributed by atoms with Gasteiger partial charge in [-0.1, -0.05) is 42.1 Å². The van der Waals surface area contributed by atoms with Crippen LogP contribution >= 0.6 is 11.8 Å². The fourth-order valence-corrected chi connectivity index (χ4v) is 4.01. The van der Waals surface area contributed by atoms with E-state index in [9.17, 15) is 14.4 Å². The lowest BCUT2D eigenvalue weighted by Gasteiger charge is -2.28. The molecule has 2 aromatic carbocycles. The van der Waals surface area contributed by atoms with Crippen molar-refractivity contribution in [3.63, 3.8) is 0 Å². The van der Waals surface area contributed by atoms with Crippen molar-refractivity contribution in [1.29, 1.82) is 0 Å². The number of esters is 1. The zero-order valence-electron chi connectivity index (χ0n) is 16.3. The summed E-state index contributed by atoms with van der Waals surface area (Å²) < 4.78 is 5.14. The number of aromatic nitrogens is 1. The summed E-state index contributed by atoms with van der Waals surface area (Å²) in [7, 11) is 0. The lowest BCUT2D eigenvalue weighted by Crippen LogP contribution is -2.44. The summed E-state index contributed by atoms with van der Waals surface area (Å²) in [4.78, 5) is 42.4. The fraction of sp³-hybridized carbons (Fsp3) is 0.182. The predicted octanol–water partition coefficient (Wildman–Crippen LogP) is 3.16. The number of carbonyl (C=O) groups excluding carboxylic acids is 3. The first-order valence-electron chi connectivity index (χ1n) is 9.35. The molecule has 2 amide bonds. The Morgan fingerprint density at radius 2 is 1.93 bits per heavy atom. The van der Waals surface area contributed by atoms with Gasteiger partial charge in [0.05, 0.1) is 27.7 Å². The van der Waals surface area contributed by atoms with Gasteiger partial charge in [0.15, 0.2) is 6.61 Å². The Bertz CT molecular complexity index is 1150. The van der Waals surface area contributed by atoms with Crippen LogP contribution in [-0.2, 0) is 19.1 Å². The van der Waals surface area contributed by atoms with Gasteiger partial charge < -0.3 is 10.1 Å². The summed E-state index contributed by atoms with van der Waals surface area (Å²) in [6.45, 7) is 1.46. The second-order valence-electron chi connectivity index (χ2n) is 6.79. The largest absolute Gasteiger partial charge is 0.455 e. The molecule has 0 radical (unpaired) electrons. The number of benzene rings is 2. The van der Waals surface area contributed by atoms with E-state index < -0.39 is 18.5 Å². The number of thioether (sulfide) groups is 1. The number of anilines is 2. The molecule has 4 rings (SSSR count). The van der Waals surface area contributed by atoms with Crippen LogP contribution in [0.25, 0.3) is 10.9 Å². The molecule has 0 atom stereocenters. The van der Waals surface area contributed by atoms with E-state index in [1.54, 1.807) is 24.3 Å². The fourth-order valence-electron chi connectivity index (χ4n) is 3.24. The van der Waals surface area contributed by atoms with Crippen molar-refractivity contribution in [3.05, 3.63) is 60.2 Å². The summed E-state index contributed by atoms with van der Waals surface area (Å²) in [5.74, 6) is -1.22. The highest BCUT2D eigenvalue weighted by atomic mass is 32.2. The number of rotatable bonds is 5. The Kier molecular flexibility index (Phi) is 5.67. The number of nitrogens with zero attached hydrogens (tertiary/aromatic N) is 2. The van der Waals surface area contributed by atoms with Gasteiger partial charge in [0.2, 0.25) is 5.91 Å². The smallest absolute Gasteiger partial charge is 0.316 e. The number of ether oxygens (including phenoxy) is 1. The summed E-state index contributed by atoms with van der Waals surface area (Å²) in [5.41, 5.74) is 3.09. The van der Waals surface area contributed by atoms with E-state index in [4.69, 9.17) is 4.74 Å². The lowest BCUT2D eigenvalue weighted by molar-refractivity contribution is -0.145. The number of pyridine rings is 1. The van der Waals surface area contributed by atoms with E-state index in [0.717, 1.165) is 21.5 Å². The van der Waals surface area contributed by atoms with Crippen LogP contribution in [0.5, 0.6) is 0 Å². The Balaban J connectivity index is 1.34. The highest BCUT2D eigenvalue weighted by Gasteiger charge is 2.27. The first-order chi connectivity index (χ1) is 14.5. The number of hydrogen-bond acceptors (Lipinski definition) is 6. The summed E-state index contributed by atoms with van der Waals surface area (Å²) in [6.07, 6.45) is 0. The lowest BCUT2D eigenvalue weighted by atomic mass is 10.1. The van der Waals surface area contributed by atoms with Crippen molar-refractivity contribution in [1.82, 2.24) is 4.98 Å². The number of fused-ring (bicyclic) bond motifs is 2. The van der Waals surface area contributed by atoms with Crippen molar-refractivity contribution >= 4 is 51.8 Å². The Morgan fingerprint density at radius 3 is 2.80 bits per heavy atom. The van der Waals surface area contributed by atoms with Crippen molar-refractivity contribution in [2.45, 2.75) is 11.9 Å². The first-order valence-corrected chi connectivity index (χ1v) is 10.3. The quantitative estimate of drug-likeness (QED) is 0.503. The van der Waals surface area contributed by atoms with Crippen molar-refractivity contribution < 1.29 is 19.1 Å². The Labute approximate surface area is 177 Å². The van der Waals surface area contributed by atoms with E-state index in [-0.39, 0.29) is 18.2 Å². The van der Waals surface area contributed by atoms with Crippen LogP contribution in [0.15, 0.2) is 59.6 Å². The number of amides is 2. The van der Waals surface area contributed by atoms with Gasteiger partial charge in [-0.15, -0.1) is 0 Å². The highest BCUT2D eigenvalue weighted by molar-refractivity contribution is 7.99. The number of para-hydroxylation sites is 3. The molecule has 8 heteroatoms. The molecular formula is C22H19N3O4S. The van der Waals surface area contributed by atoms with Crippen LogP contribution < -0.4 is 10.2 Å². The number of nitrogens with one attached hydrogen (secondary N) is 1. The molecule has 1 aliphatic rings. The SMILES string of the molecule is Cc1cc(SCC(=O)OCC(=O)N2CC(=O)Nc3ccccc32)nc2ccccc12. The van der Waals surface area contributed by atoms with Gasteiger partial charge in [0, 0.05) is 5.39 Å². The van der Waals surface area contributed by atoms with Crippen molar-refractivity contribution in [2.24, 2.45) is 0 Å². The minimum Gasteiger partial charge on any atom is -0.455 e. The van der Waals surface area contributed by atoms with Gasteiger partial charge in [-0.3, -0.25) is 19.3 Å². The van der Waals surface area contributed by atoms with Gasteiger partial charge in [0.1, 0.15) is 6.54 Å². The molecule has 152 valence electrons. The molecule has 30 heavy (non-hydrogen) atoms. The number of hydrogen-bond donors (Lipinski definition) is 1. The van der Waals surface area contributed by atoms with Crippen LogP contribution in [-0.4, -0.2) is 41.7 Å². The molecule has 3 aromatic rings. The zero-order valence-corrected chi connectivity index (χ0v) is 17.1. The molecule has 1 aromatic heterocycles. The second-order valence-corrected chi connectivity index (χ2v) is 7.78. The Hall–Kier alpha value is -3.39. The summed E-state index contributed by atoms with van der Waals surface area (Å²) in [6, 6.07) is 16.7. The standard InChI is InChI=1S/C22H19N3O4S/c1-14-10-20(24-16-7-3-2-6-15(14)16)30-13-22(28)29-12-21(27)25-11-19(26)23-17-8-4-5-9-18(17)25/h2-10H,11-13H2,1H3,(H,23,26). The molecular weight excluding hydrogens is 402 g/mol. The van der Waals surface area contributed by atoms with Gasteiger partial charge in [-0.25, -0.2) is 4.98 Å². The molecule has 2 heterocycles. The van der Waals surface area contributed by atoms with Crippen LogP contribution in [0.2, 0.25) is 0 Å². The molecule has 1 aliphatic heterocycles. The number of carbonyl (C=O) groups is 3. The maximum absolute atomic E-state index is 12.5. The van der Waals surface area contributed by atoms with Crippen LogP contribution in [0.3, 0.4) is 0 Å².